The van der Waals surface area contributed by atoms with E-state index in [1.54, 1.807) is 24.7 Å². The molecule has 0 amide bonds. The van der Waals surface area contributed by atoms with Crippen molar-refractivity contribution in [3.63, 3.8) is 0 Å². The third-order valence-corrected chi connectivity index (χ3v) is 5.19. The second-order valence-corrected chi connectivity index (χ2v) is 9.03. The summed E-state index contributed by atoms with van der Waals surface area (Å²) in [5.74, 6) is 0.629. The van der Waals surface area contributed by atoms with Gasteiger partial charge in [0.1, 0.15) is 11.4 Å². The van der Waals surface area contributed by atoms with Gasteiger partial charge in [-0.1, -0.05) is 6.07 Å². The Kier molecular flexibility index (Phi) is 4.74. The first-order valence-electron chi connectivity index (χ1n) is 9.79. The van der Waals surface area contributed by atoms with Crippen LogP contribution in [0.5, 0.6) is 5.75 Å². The molecule has 0 unspecified atom stereocenters. The molecule has 0 bridgehead atoms. The average molecular weight is 393 g/mol. The second-order valence-electron chi connectivity index (χ2n) is 9.03. The number of anilines is 1. The highest BCUT2D eigenvalue weighted by atomic mass is 16.3. The molecule has 0 aliphatic carbocycles. The summed E-state index contributed by atoms with van der Waals surface area (Å²) >= 11 is 0. The number of aromatic hydroxyl groups is 1. The van der Waals surface area contributed by atoms with E-state index in [0.29, 0.717) is 17.2 Å². The van der Waals surface area contributed by atoms with E-state index in [9.17, 15) is 5.11 Å². The summed E-state index contributed by atoms with van der Waals surface area (Å²) in [6, 6.07) is 5.67. The quantitative estimate of drug-likeness (QED) is 0.538. The minimum Gasteiger partial charge on any atom is -0.507 e. The van der Waals surface area contributed by atoms with Crippen LogP contribution < -0.4 is 10.6 Å². The molecule has 1 saturated heterocycles. The van der Waals surface area contributed by atoms with E-state index < -0.39 is 0 Å². The van der Waals surface area contributed by atoms with Crippen molar-refractivity contribution in [3.05, 3.63) is 36.8 Å². The lowest BCUT2D eigenvalue weighted by Gasteiger charge is -2.46. The lowest BCUT2D eigenvalue weighted by atomic mass is 9.80. The van der Waals surface area contributed by atoms with Gasteiger partial charge >= 0.3 is 0 Å². The molecule has 2 aromatic heterocycles. The van der Waals surface area contributed by atoms with Crippen LogP contribution in [-0.4, -0.2) is 47.6 Å². The molecule has 4 rings (SSSR count). The molecular formula is C21H27N7O. The van der Waals surface area contributed by atoms with Crippen LogP contribution in [0, 0.1) is 0 Å². The normalized spacial score (nSPS) is 18.5. The highest BCUT2D eigenvalue weighted by Crippen LogP contribution is 2.32. The Morgan fingerprint density at radius 1 is 1.03 bits per heavy atom. The van der Waals surface area contributed by atoms with Crippen molar-refractivity contribution in [2.75, 3.05) is 5.32 Å². The van der Waals surface area contributed by atoms with Crippen molar-refractivity contribution < 1.29 is 5.11 Å². The van der Waals surface area contributed by atoms with Crippen molar-refractivity contribution in [3.8, 4) is 28.1 Å². The Morgan fingerprint density at radius 2 is 1.79 bits per heavy atom. The summed E-state index contributed by atoms with van der Waals surface area (Å²) in [4.78, 5) is 4.43. The molecule has 29 heavy (non-hydrogen) atoms. The SMILES string of the molecule is CC1(C)CC(Nc2ncc(-c3ccc(-c4cn[nH]c4)cc3O)nn2)CC(C)(C)N1. The number of nitrogens with zero attached hydrogens (tertiary/aromatic N) is 4. The number of piperidine rings is 1. The molecule has 0 spiro atoms. The minimum absolute atomic E-state index is 0.0370. The number of aromatic nitrogens is 5. The molecule has 0 radical (unpaired) electrons. The van der Waals surface area contributed by atoms with Gasteiger partial charge in [-0.25, -0.2) is 4.98 Å². The molecule has 1 aliphatic heterocycles. The summed E-state index contributed by atoms with van der Waals surface area (Å²) in [6.07, 6.45) is 7.06. The monoisotopic (exact) mass is 393 g/mol. The van der Waals surface area contributed by atoms with E-state index in [0.717, 1.165) is 24.0 Å². The van der Waals surface area contributed by atoms with Crippen LogP contribution in [0.2, 0.25) is 0 Å². The maximum absolute atomic E-state index is 10.4. The standard InChI is InChI=1S/C21H27N7O/c1-20(2)8-15(9-21(3,4)28-20)25-19-22-12-17(26-27-19)16-6-5-13(7-18(16)29)14-10-23-24-11-14/h5-7,10-12,15,28-29H,8-9H2,1-4H3,(H,23,24)(H,22,25,27). The fourth-order valence-corrected chi connectivity index (χ4v) is 4.41. The number of rotatable bonds is 4. The maximum Gasteiger partial charge on any atom is 0.242 e. The molecule has 8 nitrogen and oxygen atoms in total. The van der Waals surface area contributed by atoms with Gasteiger partial charge in [-0.15, -0.1) is 10.2 Å². The minimum atomic E-state index is 0.0370. The van der Waals surface area contributed by atoms with E-state index in [1.807, 2.05) is 12.1 Å². The van der Waals surface area contributed by atoms with E-state index in [4.69, 9.17) is 0 Å². The van der Waals surface area contributed by atoms with Crippen molar-refractivity contribution in [2.24, 2.45) is 0 Å². The maximum atomic E-state index is 10.4. The first-order valence-corrected chi connectivity index (χ1v) is 9.79. The number of benzene rings is 1. The Balaban J connectivity index is 1.50. The zero-order valence-electron chi connectivity index (χ0n) is 17.2. The van der Waals surface area contributed by atoms with Crippen molar-refractivity contribution in [2.45, 2.75) is 57.7 Å². The van der Waals surface area contributed by atoms with Gasteiger partial charge in [0.2, 0.25) is 5.95 Å². The highest BCUT2D eigenvalue weighted by molar-refractivity contribution is 5.73. The fourth-order valence-electron chi connectivity index (χ4n) is 4.41. The van der Waals surface area contributed by atoms with E-state index in [-0.39, 0.29) is 22.9 Å². The van der Waals surface area contributed by atoms with Gasteiger partial charge in [0.25, 0.3) is 0 Å². The number of hydrogen-bond acceptors (Lipinski definition) is 7. The van der Waals surface area contributed by atoms with Crippen LogP contribution in [0.1, 0.15) is 40.5 Å². The van der Waals surface area contributed by atoms with E-state index >= 15 is 0 Å². The summed E-state index contributed by atoms with van der Waals surface area (Å²) in [5.41, 5.74) is 2.97. The zero-order valence-corrected chi connectivity index (χ0v) is 17.2. The number of aromatic amines is 1. The highest BCUT2D eigenvalue weighted by Gasteiger charge is 2.37. The van der Waals surface area contributed by atoms with Gasteiger partial charge < -0.3 is 15.7 Å². The predicted molar refractivity (Wildman–Crippen MR) is 112 cm³/mol. The summed E-state index contributed by atoms with van der Waals surface area (Å²) in [5, 5.41) is 32.7. The Hall–Kier alpha value is -3.00. The molecule has 0 saturated carbocycles. The topological polar surface area (TPSA) is 112 Å². The number of phenols is 1. The van der Waals surface area contributed by atoms with Gasteiger partial charge in [0.15, 0.2) is 0 Å². The molecule has 3 heterocycles. The molecule has 1 aromatic carbocycles. The smallest absolute Gasteiger partial charge is 0.242 e. The summed E-state index contributed by atoms with van der Waals surface area (Å²) < 4.78 is 0. The Bertz CT molecular complexity index is 965. The first kappa shape index (κ1) is 19.3. The van der Waals surface area contributed by atoms with Crippen LogP contribution >= 0.6 is 0 Å². The van der Waals surface area contributed by atoms with Crippen molar-refractivity contribution in [1.29, 1.82) is 0 Å². The number of phenolic OH excluding ortho intramolecular Hbond substituents is 1. The van der Waals surface area contributed by atoms with Gasteiger partial charge in [-0.2, -0.15) is 5.10 Å². The largest absolute Gasteiger partial charge is 0.507 e. The van der Waals surface area contributed by atoms with Gasteiger partial charge in [0, 0.05) is 34.4 Å². The van der Waals surface area contributed by atoms with Crippen LogP contribution in [0.15, 0.2) is 36.8 Å². The summed E-state index contributed by atoms with van der Waals surface area (Å²) in [6.45, 7) is 8.84. The Labute approximate surface area is 170 Å². The average Bonchev–Trinajstić information content (AvgIpc) is 3.14. The molecule has 152 valence electrons. The second kappa shape index (κ2) is 7.11. The lowest BCUT2D eigenvalue weighted by molar-refractivity contribution is 0.170. The molecular weight excluding hydrogens is 366 g/mol. The van der Waals surface area contributed by atoms with Crippen LogP contribution in [0.3, 0.4) is 0 Å². The summed E-state index contributed by atoms with van der Waals surface area (Å²) in [7, 11) is 0. The Morgan fingerprint density at radius 3 is 2.38 bits per heavy atom. The van der Waals surface area contributed by atoms with Crippen molar-refractivity contribution in [1.82, 2.24) is 30.7 Å². The fraction of sp³-hybridized carbons (Fsp3) is 0.429. The van der Waals surface area contributed by atoms with Gasteiger partial charge in [0.05, 0.1) is 12.4 Å². The molecule has 3 aromatic rings. The van der Waals surface area contributed by atoms with Crippen LogP contribution in [-0.2, 0) is 0 Å². The number of hydrogen-bond donors (Lipinski definition) is 4. The van der Waals surface area contributed by atoms with Crippen molar-refractivity contribution >= 4 is 5.95 Å². The molecule has 4 N–H and O–H groups in total. The van der Waals surface area contributed by atoms with Gasteiger partial charge in [-0.3, -0.25) is 5.10 Å². The molecule has 0 atom stereocenters. The van der Waals surface area contributed by atoms with E-state index in [1.165, 1.54) is 0 Å². The number of nitrogens with one attached hydrogen (secondary N) is 3. The van der Waals surface area contributed by atoms with Crippen LogP contribution in [0.4, 0.5) is 5.95 Å². The molecule has 1 fully saturated rings. The predicted octanol–water partition coefficient (Wildman–Crippen LogP) is 3.36. The third kappa shape index (κ3) is 4.37. The van der Waals surface area contributed by atoms with E-state index in [2.05, 4.69) is 63.7 Å². The third-order valence-electron chi connectivity index (χ3n) is 5.19. The molecule has 1 aliphatic rings. The first-order chi connectivity index (χ1) is 13.7. The van der Waals surface area contributed by atoms with Crippen LogP contribution in [0.25, 0.3) is 22.4 Å². The van der Waals surface area contributed by atoms with Gasteiger partial charge in [-0.05, 0) is 58.2 Å². The lowest BCUT2D eigenvalue weighted by Crippen LogP contribution is -2.60. The number of H-pyrrole nitrogens is 1. The zero-order chi connectivity index (χ0) is 20.6. The molecule has 8 heteroatoms.